The average molecular weight is 334 g/mol. The van der Waals surface area contributed by atoms with Gasteiger partial charge in [0.15, 0.2) is 11.5 Å². The topological polar surface area (TPSA) is 47.6 Å². The van der Waals surface area contributed by atoms with Crippen molar-refractivity contribution in [1.29, 1.82) is 0 Å². The molecular weight excluding hydrogens is 314 g/mol. The van der Waals surface area contributed by atoms with Crippen LogP contribution in [0.1, 0.15) is 28.4 Å². The van der Waals surface area contributed by atoms with Crippen LogP contribution in [-0.4, -0.2) is 19.6 Å². The second-order valence-electron chi connectivity index (χ2n) is 5.09. The zero-order chi connectivity index (χ0) is 16.8. The number of aryl methyl sites for hydroxylation is 1. The molecule has 0 aliphatic rings. The summed E-state index contributed by atoms with van der Waals surface area (Å²) >= 11 is 6.19. The zero-order valence-corrected chi connectivity index (χ0v) is 14.2. The lowest BCUT2D eigenvalue weighted by Gasteiger charge is -2.13. The number of methoxy groups -OCH3 is 1. The summed E-state index contributed by atoms with van der Waals surface area (Å²) in [6.45, 7) is 4.80. The number of hydrogen-bond acceptors (Lipinski definition) is 3. The lowest BCUT2D eigenvalue weighted by molar-refractivity contribution is 0.0950. The Morgan fingerprint density at radius 3 is 2.52 bits per heavy atom. The number of halogens is 1. The van der Waals surface area contributed by atoms with Crippen molar-refractivity contribution >= 4 is 17.5 Å². The van der Waals surface area contributed by atoms with Crippen molar-refractivity contribution in [2.24, 2.45) is 0 Å². The second-order valence-corrected chi connectivity index (χ2v) is 5.50. The van der Waals surface area contributed by atoms with Crippen molar-refractivity contribution in [1.82, 2.24) is 5.32 Å². The lowest BCUT2D eigenvalue weighted by Crippen LogP contribution is -2.22. The molecular formula is C18H20ClNO3. The Balaban J connectivity index is 2.12. The van der Waals surface area contributed by atoms with Gasteiger partial charge in [-0.2, -0.15) is 0 Å². The molecule has 0 radical (unpaired) electrons. The van der Waals surface area contributed by atoms with Gasteiger partial charge in [-0.1, -0.05) is 41.4 Å². The Hall–Kier alpha value is -2.20. The molecule has 0 unspecified atom stereocenters. The predicted molar refractivity (Wildman–Crippen MR) is 91.5 cm³/mol. The number of rotatable bonds is 6. The standard InChI is InChI=1S/C18H20ClNO3/c1-4-23-17-15(19)9-14(10-16(17)22-3)18(21)20-11-13-7-5-12(2)6-8-13/h5-10H,4,11H2,1-3H3,(H,20,21). The Bertz CT molecular complexity index is 683. The number of nitrogens with one attached hydrogen (secondary N) is 1. The van der Waals surface area contributed by atoms with Crippen LogP contribution in [0, 0.1) is 6.92 Å². The van der Waals surface area contributed by atoms with E-state index < -0.39 is 0 Å². The summed E-state index contributed by atoms with van der Waals surface area (Å²) in [4.78, 5) is 12.3. The van der Waals surface area contributed by atoms with Crippen molar-refractivity contribution in [3.8, 4) is 11.5 Å². The summed E-state index contributed by atoms with van der Waals surface area (Å²) < 4.78 is 10.7. The van der Waals surface area contributed by atoms with E-state index in [0.29, 0.717) is 35.2 Å². The van der Waals surface area contributed by atoms with E-state index in [0.717, 1.165) is 5.56 Å². The van der Waals surface area contributed by atoms with Crippen LogP contribution in [0.2, 0.25) is 5.02 Å². The van der Waals surface area contributed by atoms with Gasteiger partial charge in [-0.05, 0) is 31.5 Å². The van der Waals surface area contributed by atoms with Gasteiger partial charge < -0.3 is 14.8 Å². The first-order valence-electron chi connectivity index (χ1n) is 7.39. The maximum absolute atomic E-state index is 12.3. The number of carbonyl (C=O) groups is 1. The van der Waals surface area contributed by atoms with Crippen LogP contribution < -0.4 is 14.8 Å². The minimum absolute atomic E-state index is 0.214. The van der Waals surface area contributed by atoms with Gasteiger partial charge in [-0.15, -0.1) is 0 Å². The fourth-order valence-corrected chi connectivity index (χ4v) is 2.39. The highest BCUT2D eigenvalue weighted by atomic mass is 35.5. The Morgan fingerprint density at radius 2 is 1.91 bits per heavy atom. The third-order valence-corrected chi connectivity index (χ3v) is 3.63. The highest BCUT2D eigenvalue weighted by Crippen LogP contribution is 2.36. The third kappa shape index (κ3) is 4.39. The molecule has 0 spiro atoms. The number of hydrogen-bond donors (Lipinski definition) is 1. The van der Waals surface area contributed by atoms with Crippen LogP contribution >= 0.6 is 11.6 Å². The number of amides is 1. The van der Waals surface area contributed by atoms with Crippen molar-refractivity contribution in [2.45, 2.75) is 20.4 Å². The summed E-state index contributed by atoms with van der Waals surface area (Å²) in [7, 11) is 1.52. The van der Waals surface area contributed by atoms with Gasteiger partial charge >= 0.3 is 0 Å². The molecule has 1 N–H and O–H groups in total. The first kappa shape index (κ1) is 17.2. The molecule has 0 heterocycles. The van der Waals surface area contributed by atoms with E-state index in [-0.39, 0.29) is 5.91 Å². The molecule has 23 heavy (non-hydrogen) atoms. The van der Waals surface area contributed by atoms with E-state index in [1.54, 1.807) is 12.1 Å². The highest BCUT2D eigenvalue weighted by molar-refractivity contribution is 6.32. The molecule has 122 valence electrons. The molecule has 4 nitrogen and oxygen atoms in total. The Kier molecular flexibility index (Phi) is 5.88. The molecule has 0 bridgehead atoms. The van der Waals surface area contributed by atoms with Crippen LogP contribution in [0.5, 0.6) is 11.5 Å². The normalized spacial score (nSPS) is 10.3. The van der Waals surface area contributed by atoms with Gasteiger partial charge in [-0.3, -0.25) is 4.79 Å². The lowest BCUT2D eigenvalue weighted by atomic mass is 10.1. The van der Waals surface area contributed by atoms with E-state index in [9.17, 15) is 4.79 Å². The van der Waals surface area contributed by atoms with Crippen molar-refractivity contribution < 1.29 is 14.3 Å². The summed E-state index contributed by atoms with van der Waals surface area (Å²) in [5.41, 5.74) is 2.65. The zero-order valence-electron chi connectivity index (χ0n) is 13.5. The van der Waals surface area contributed by atoms with E-state index in [1.165, 1.54) is 12.7 Å². The number of carbonyl (C=O) groups excluding carboxylic acids is 1. The third-order valence-electron chi connectivity index (χ3n) is 3.35. The maximum atomic E-state index is 12.3. The summed E-state index contributed by atoms with van der Waals surface area (Å²) in [5.74, 6) is 0.681. The van der Waals surface area contributed by atoms with Crippen LogP contribution in [-0.2, 0) is 6.54 Å². The quantitative estimate of drug-likeness (QED) is 0.869. The van der Waals surface area contributed by atoms with Gasteiger partial charge in [0.1, 0.15) is 0 Å². The van der Waals surface area contributed by atoms with E-state index in [4.69, 9.17) is 21.1 Å². The van der Waals surface area contributed by atoms with Crippen molar-refractivity contribution in [3.63, 3.8) is 0 Å². The molecule has 0 aliphatic heterocycles. The Labute approximate surface area is 141 Å². The number of ether oxygens (including phenoxy) is 2. The van der Waals surface area contributed by atoms with Crippen LogP contribution in [0.15, 0.2) is 36.4 Å². The molecule has 0 aliphatic carbocycles. The molecule has 1 amide bonds. The maximum Gasteiger partial charge on any atom is 0.251 e. The number of benzene rings is 2. The van der Waals surface area contributed by atoms with E-state index in [2.05, 4.69) is 5.32 Å². The molecule has 5 heteroatoms. The largest absolute Gasteiger partial charge is 0.493 e. The van der Waals surface area contributed by atoms with E-state index >= 15 is 0 Å². The average Bonchev–Trinajstić information content (AvgIpc) is 2.55. The minimum Gasteiger partial charge on any atom is -0.493 e. The van der Waals surface area contributed by atoms with Gasteiger partial charge in [0.05, 0.1) is 18.7 Å². The first-order chi connectivity index (χ1) is 11.0. The molecule has 0 saturated heterocycles. The summed E-state index contributed by atoms with van der Waals surface area (Å²) in [6.07, 6.45) is 0. The molecule has 0 fully saturated rings. The predicted octanol–water partition coefficient (Wildman–Crippen LogP) is 3.99. The van der Waals surface area contributed by atoms with Crippen LogP contribution in [0.25, 0.3) is 0 Å². The molecule has 2 rings (SSSR count). The van der Waals surface area contributed by atoms with Crippen LogP contribution in [0.3, 0.4) is 0 Å². The SMILES string of the molecule is CCOc1c(Cl)cc(C(=O)NCc2ccc(C)cc2)cc1OC. The monoisotopic (exact) mass is 333 g/mol. The fourth-order valence-electron chi connectivity index (χ4n) is 2.13. The second kappa shape index (κ2) is 7.88. The van der Waals surface area contributed by atoms with Crippen LogP contribution in [0.4, 0.5) is 0 Å². The van der Waals surface area contributed by atoms with E-state index in [1.807, 2.05) is 38.1 Å². The van der Waals surface area contributed by atoms with Gasteiger partial charge in [0.2, 0.25) is 0 Å². The van der Waals surface area contributed by atoms with Gasteiger partial charge in [-0.25, -0.2) is 0 Å². The van der Waals surface area contributed by atoms with Crippen molar-refractivity contribution in [3.05, 3.63) is 58.1 Å². The van der Waals surface area contributed by atoms with Crippen molar-refractivity contribution in [2.75, 3.05) is 13.7 Å². The Morgan fingerprint density at radius 1 is 1.22 bits per heavy atom. The molecule has 2 aromatic carbocycles. The van der Waals surface area contributed by atoms with Gasteiger partial charge in [0, 0.05) is 12.1 Å². The smallest absolute Gasteiger partial charge is 0.251 e. The minimum atomic E-state index is -0.214. The first-order valence-corrected chi connectivity index (χ1v) is 7.77. The molecule has 0 atom stereocenters. The summed E-state index contributed by atoms with van der Waals surface area (Å²) in [6, 6.07) is 11.2. The highest BCUT2D eigenvalue weighted by Gasteiger charge is 2.15. The molecule has 0 aromatic heterocycles. The summed E-state index contributed by atoms with van der Waals surface area (Å²) in [5, 5.41) is 3.22. The van der Waals surface area contributed by atoms with Gasteiger partial charge in [0.25, 0.3) is 5.91 Å². The fraction of sp³-hybridized carbons (Fsp3) is 0.278. The molecule has 2 aromatic rings. The molecule has 0 saturated carbocycles.